The van der Waals surface area contributed by atoms with Crippen LogP contribution in [-0.2, 0) is 14.6 Å². The van der Waals surface area contributed by atoms with E-state index >= 15 is 0 Å². The average Bonchev–Trinajstić information content (AvgIpc) is 2.35. The van der Waals surface area contributed by atoms with Crippen LogP contribution < -0.4 is 5.73 Å². The normalized spacial score (nSPS) is 26.7. The third-order valence-electron chi connectivity index (χ3n) is 3.82. The Morgan fingerprint density at radius 2 is 1.94 bits per heavy atom. The van der Waals surface area contributed by atoms with Crippen LogP contribution >= 0.6 is 0 Å². The van der Waals surface area contributed by atoms with Crippen LogP contribution in [0.1, 0.15) is 39.0 Å². The summed E-state index contributed by atoms with van der Waals surface area (Å²) in [6.07, 6.45) is 5.10. The largest absolute Gasteiger partial charge is 0.340 e. The van der Waals surface area contributed by atoms with Gasteiger partial charge in [-0.15, -0.1) is 0 Å². The molecule has 0 radical (unpaired) electrons. The van der Waals surface area contributed by atoms with Crippen LogP contribution in [0, 0.1) is 0 Å². The van der Waals surface area contributed by atoms with E-state index in [0.29, 0.717) is 12.8 Å². The number of sulfone groups is 1. The number of hydrogen-bond donors (Lipinski definition) is 1. The Balaban J connectivity index is 2.87. The van der Waals surface area contributed by atoms with Gasteiger partial charge in [-0.2, -0.15) is 0 Å². The van der Waals surface area contributed by atoms with Gasteiger partial charge < -0.3 is 10.6 Å². The van der Waals surface area contributed by atoms with E-state index in [1.807, 2.05) is 6.92 Å². The van der Waals surface area contributed by atoms with Crippen molar-refractivity contribution in [3.63, 3.8) is 0 Å². The summed E-state index contributed by atoms with van der Waals surface area (Å²) in [5, 5.41) is -0.441. The van der Waals surface area contributed by atoms with Gasteiger partial charge in [0.05, 0.1) is 11.3 Å². The molecular formula is C12H24N2O3S. The first-order chi connectivity index (χ1) is 8.29. The Bertz CT molecular complexity index is 394. The molecule has 3 atom stereocenters. The number of carbonyl (C=O) groups is 1. The lowest BCUT2D eigenvalue weighted by atomic mass is 9.93. The highest BCUT2D eigenvalue weighted by Gasteiger charge is 2.37. The van der Waals surface area contributed by atoms with Gasteiger partial charge in [0.2, 0.25) is 5.91 Å². The molecule has 1 fully saturated rings. The van der Waals surface area contributed by atoms with E-state index in [1.54, 1.807) is 11.9 Å². The first-order valence-electron chi connectivity index (χ1n) is 6.50. The van der Waals surface area contributed by atoms with Crippen LogP contribution in [0.15, 0.2) is 0 Å². The molecule has 1 aliphatic carbocycles. The molecule has 1 amide bonds. The Morgan fingerprint density at radius 1 is 1.39 bits per heavy atom. The van der Waals surface area contributed by atoms with Gasteiger partial charge in [-0.1, -0.05) is 19.8 Å². The second-order valence-corrected chi connectivity index (χ2v) is 7.45. The van der Waals surface area contributed by atoms with Crippen molar-refractivity contribution in [3.8, 4) is 0 Å². The Hall–Kier alpha value is -0.620. The van der Waals surface area contributed by atoms with E-state index in [-0.39, 0.29) is 11.9 Å². The maximum atomic E-state index is 12.1. The van der Waals surface area contributed by atoms with Gasteiger partial charge in [0.25, 0.3) is 0 Å². The van der Waals surface area contributed by atoms with Crippen LogP contribution in [0.4, 0.5) is 0 Å². The molecule has 0 aromatic carbocycles. The summed E-state index contributed by atoms with van der Waals surface area (Å²) in [5.74, 6) is -0.155. The number of carbonyl (C=O) groups excluding carboxylic acids is 1. The third-order valence-corrected chi connectivity index (χ3v) is 5.47. The number of nitrogens with two attached hydrogens (primary N) is 1. The summed E-state index contributed by atoms with van der Waals surface area (Å²) in [6.45, 7) is 1.85. The van der Waals surface area contributed by atoms with Crippen molar-refractivity contribution in [2.45, 2.75) is 56.4 Å². The second kappa shape index (κ2) is 6.02. The van der Waals surface area contributed by atoms with Gasteiger partial charge in [-0.25, -0.2) is 8.42 Å². The molecule has 1 saturated carbocycles. The minimum atomic E-state index is -3.12. The van der Waals surface area contributed by atoms with Crippen LogP contribution in [0.3, 0.4) is 0 Å². The summed E-state index contributed by atoms with van der Waals surface area (Å²) in [5.41, 5.74) is 5.74. The number of amides is 1. The zero-order valence-electron chi connectivity index (χ0n) is 11.4. The molecule has 0 spiro atoms. The van der Waals surface area contributed by atoms with E-state index in [4.69, 9.17) is 5.73 Å². The van der Waals surface area contributed by atoms with E-state index < -0.39 is 21.1 Å². The Kier molecular flexibility index (Phi) is 5.16. The molecule has 3 unspecified atom stereocenters. The summed E-state index contributed by atoms with van der Waals surface area (Å²) < 4.78 is 23.6. The molecule has 1 aliphatic rings. The number of likely N-dealkylation sites (N-methyl/N-ethyl adjacent to an activating group) is 1. The number of nitrogens with zero attached hydrogens (tertiary/aromatic N) is 1. The SMILES string of the molecule is CCC(N)C(=O)N(C)C1CCCCC1S(C)(=O)=O. The standard InChI is InChI=1S/C12H24N2O3S/c1-4-9(13)12(15)14(2)10-7-5-6-8-11(10)18(3,16)17/h9-11H,4-8,13H2,1-3H3. The van der Waals surface area contributed by atoms with E-state index in [2.05, 4.69) is 0 Å². The van der Waals surface area contributed by atoms with Crippen molar-refractivity contribution in [1.82, 2.24) is 4.90 Å². The van der Waals surface area contributed by atoms with Crippen LogP contribution in [0.2, 0.25) is 0 Å². The average molecular weight is 276 g/mol. The molecule has 106 valence electrons. The highest BCUT2D eigenvalue weighted by atomic mass is 32.2. The summed E-state index contributed by atoms with van der Waals surface area (Å²) >= 11 is 0. The predicted molar refractivity (Wildman–Crippen MR) is 71.9 cm³/mol. The smallest absolute Gasteiger partial charge is 0.239 e. The van der Waals surface area contributed by atoms with Crippen molar-refractivity contribution < 1.29 is 13.2 Å². The van der Waals surface area contributed by atoms with Gasteiger partial charge in [-0.3, -0.25) is 4.79 Å². The Morgan fingerprint density at radius 3 is 2.44 bits per heavy atom. The molecule has 0 heterocycles. The van der Waals surface area contributed by atoms with Gasteiger partial charge >= 0.3 is 0 Å². The van der Waals surface area contributed by atoms with Crippen molar-refractivity contribution in [2.24, 2.45) is 5.73 Å². The fourth-order valence-corrected chi connectivity index (χ4v) is 4.10. The quantitative estimate of drug-likeness (QED) is 0.812. The van der Waals surface area contributed by atoms with Crippen LogP contribution in [0.25, 0.3) is 0 Å². The fraction of sp³-hybridized carbons (Fsp3) is 0.917. The Labute approximate surface area is 110 Å². The lowest BCUT2D eigenvalue weighted by Gasteiger charge is -2.37. The molecule has 18 heavy (non-hydrogen) atoms. The lowest BCUT2D eigenvalue weighted by molar-refractivity contribution is -0.133. The molecule has 0 aromatic heterocycles. The first kappa shape index (κ1) is 15.4. The highest BCUT2D eigenvalue weighted by Crippen LogP contribution is 2.27. The second-order valence-electron chi connectivity index (χ2n) is 5.18. The lowest BCUT2D eigenvalue weighted by Crippen LogP contribution is -2.53. The minimum absolute atomic E-state index is 0.155. The molecule has 6 heteroatoms. The summed E-state index contributed by atoms with van der Waals surface area (Å²) in [6, 6.07) is -0.754. The van der Waals surface area contributed by atoms with E-state index in [9.17, 15) is 13.2 Å². The van der Waals surface area contributed by atoms with E-state index in [0.717, 1.165) is 19.3 Å². The van der Waals surface area contributed by atoms with Gasteiger partial charge in [0, 0.05) is 19.3 Å². The maximum Gasteiger partial charge on any atom is 0.239 e. The highest BCUT2D eigenvalue weighted by molar-refractivity contribution is 7.91. The van der Waals surface area contributed by atoms with Crippen LogP contribution in [0.5, 0.6) is 0 Å². The predicted octanol–water partition coefficient (Wildman–Crippen LogP) is 0.538. The molecule has 1 rings (SSSR count). The molecule has 5 nitrogen and oxygen atoms in total. The molecule has 0 aliphatic heterocycles. The summed E-state index contributed by atoms with van der Waals surface area (Å²) in [4.78, 5) is 13.6. The van der Waals surface area contributed by atoms with Crippen LogP contribution in [-0.4, -0.2) is 49.9 Å². The molecule has 0 saturated heterocycles. The van der Waals surface area contributed by atoms with Crippen molar-refractivity contribution in [3.05, 3.63) is 0 Å². The van der Waals surface area contributed by atoms with E-state index in [1.165, 1.54) is 6.26 Å². The number of rotatable bonds is 4. The monoisotopic (exact) mass is 276 g/mol. The first-order valence-corrected chi connectivity index (χ1v) is 8.45. The van der Waals surface area contributed by atoms with Crippen molar-refractivity contribution >= 4 is 15.7 Å². The number of hydrogen-bond acceptors (Lipinski definition) is 4. The maximum absolute atomic E-state index is 12.1. The zero-order valence-corrected chi connectivity index (χ0v) is 12.2. The van der Waals surface area contributed by atoms with Crippen molar-refractivity contribution in [2.75, 3.05) is 13.3 Å². The minimum Gasteiger partial charge on any atom is -0.340 e. The summed E-state index contributed by atoms with van der Waals surface area (Å²) in [7, 11) is -1.45. The fourth-order valence-electron chi connectivity index (χ4n) is 2.62. The molecular weight excluding hydrogens is 252 g/mol. The molecule has 2 N–H and O–H groups in total. The third kappa shape index (κ3) is 3.45. The molecule has 0 aromatic rings. The van der Waals surface area contributed by atoms with Gasteiger partial charge in [-0.05, 0) is 19.3 Å². The van der Waals surface area contributed by atoms with Gasteiger partial charge in [0.15, 0.2) is 9.84 Å². The molecule has 0 bridgehead atoms. The zero-order chi connectivity index (χ0) is 13.9. The topological polar surface area (TPSA) is 80.5 Å². The van der Waals surface area contributed by atoms with Gasteiger partial charge in [0.1, 0.15) is 0 Å². The van der Waals surface area contributed by atoms with Crippen molar-refractivity contribution in [1.29, 1.82) is 0 Å².